The topological polar surface area (TPSA) is 19.7 Å². The van der Waals surface area contributed by atoms with Crippen LogP contribution in [-0.2, 0) is 6.54 Å². The molecular weight excluding hydrogens is 294 g/mol. The van der Waals surface area contributed by atoms with Gasteiger partial charge < -0.3 is 9.47 Å². The van der Waals surface area contributed by atoms with Crippen molar-refractivity contribution in [3.05, 3.63) is 66.1 Å². The second kappa shape index (κ2) is 7.02. The molecule has 3 rings (SSSR count). The van der Waals surface area contributed by atoms with E-state index in [9.17, 15) is 0 Å². The van der Waals surface area contributed by atoms with Gasteiger partial charge in [0.15, 0.2) is 18.9 Å². The molecule has 0 aliphatic carbocycles. The predicted octanol–water partition coefficient (Wildman–Crippen LogP) is 3.72. The molecule has 0 atom stereocenters. The smallest absolute Gasteiger partial charge is 0.169 e. The summed E-state index contributed by atoms with van der Waals surface area (Å²) in [5, 5.41) is 1.26. The van der Waals surface area contributed by atoms with Gasteiger partial charge >= 0.3 is 0 Å². The number of hydrogen-bond donors (Lipinski definition) is 1. The fourth-order valence-electron chi connectivity index (χ4n) is 2.87. The maximum atomic E-state index is 3.31. The number of quaternary nitrogens is 1. The van der Waals surface area contributed by atoms with Crippen molar-refractivity contribution in [1.82, 2.24) is 4.98 Å². The lowest BCUT2D eigenvalue weighted by Crippen LogP contribution is -2.39. The highest BCUT2D eigenvalue weighted by atomic mass is 15.3. The fourth-order valence-corrected chi connectivity index (χ4v) is 2.87. The summed E-state index contributed by atoms with van der Waals surface area (Å²) in [6.07, 6.45) is 11.9. The minimum atomic E-state index is 1.02. The van der Waals surface area contributed by atoms with Gasteiger partial charge in [0.25, 0.3) is 0 Å². The molecule has 1 aromatic carbocycles. The van der Waals surface area contributed by atoms with Crippen LogP contribution in [0, 0.1) is 0 Å². The van der Waals surface area contributed by atoms with Crippen LogP contribution in [-0.4, -0.2) is 37.2 Å². The molecule has 0 amide bonds. The normalized spacial score (nSPS) is 12.3. The minimum Gasteiger partial charge on any atom is -0.361 e. The predicted molar refractivity (Wildman–Crippen MR) is 101 cm³/mol. The third-order valence-electron chi connectivity index (χ3n) is 4.24. The van der Waals surface area contributed by atoms with Gasteiger partial charge in [-0.15, -0.1) is 0 Å². The quantitative estimate of drug-likeness (QED) is 0.527. The van der Waals surface area contributed by atoms with Gasteiger partial charge in [0.2, 0.25) is 0 Å². The van der Waals surface area contributed by atoms with Crippen LogP contribution >= 0.6 is 0 Å². The first kappa shape index (κ1) is 16.5. The summed E-state index contributed by atoms with van der Waals surface area (Å²) in [6.45, 7) is 2.26. The summed E-state index contributed by atoms with van der Waals surface area (Å²) in [7, 11) is 6.72. The van der Waals surface area contributed by atoms with E-state index in [1.807, 2.05) is 0 Å². The van der Waals surface area contributed by atoms with E-state index < -0.39 is 0 Å². The average Bonchev–Trinajstić information content (AvgIpc) is 2.96. The van der Waals surface area contributed by atoms with E-state index in [-0.39, 0.29) is 0 Å². The molecule has 0 fully saturated rings. The number of hydrogen-bond acceptors (Lipinski definition) is 0. The van der Waals surface area contributed by atoms with Crippen LogP contribution < -0.4 is 4.57 Å². The number of pyridine rings is 1. The van der Waals surface area contributed by atoms with Crippen molar-refractivity contribution in [3.63, 3.8) is 0 Å². The number of aromatic nitrogens is 2. The van der Waals surface area contributed by atoms with Crippen LogP contribution in [0.1, 0.15) is 17.5 Å². The van der Waals surface area contributed by atoms with Crippen LogP contribution in [0.4, 0.5) is 0 Å². The van der Waals surface area contributed by atoms with Gasteiger partial charge in [0.1, 0.15) is 0 Å². The molecule has 0 aliphatic rings. The molecule has 1 N–H and O–H groups in total. The maximum absolute atomic E-state index is 3.31. The standard InChI is InChI=1S/C21H26N3/c1-24(2,3)16-6-13-23-14-11-18(12-15-23)9-10-19-17-22-21-8-5-4-7-20(19)21/h4-5,7-12,14-15,17H,6,13,16H2,1-3H3/q+1/p+1. The third-order valence-corrected chi connectivity index (χ3v) is 4.24. The summed E-state index contributed by atoms with van der Waals surface area (Å²) >= 11 is 0. The highest BCUT2D eigenvalue weighted by Crippen LogP contribution is 2.19. The molecule has 3 nitrogen and oxygen atoms in total. The zero-order valence-electron chi connectivity index (χ0n) is 14.9. The van der Waals surface area contributed by atoms with Crippen LogP contribution in [0.2, 0.25) is 0 Å². The Bertz CT molecular complexity index is 820. The van der Waals surface area contributed by atoms with Gasteiger partial charge in [-0.3, -0.25) is 0 Å². The van der Waals surface area contributed by atoms with E-state index in [0.29, 0.717) is 0 Å². The number of aryl methyl sites for hydroxylation is 1. The van der Waals surface area contributed by atoms with Gasteiger partial charge in [0.05, 0.1) is 34.1 Å². The molecule has 0 radical (unpaired) electrons. The lowest BCUT2D eigenvalue weighted by atomic mass is 10.1. The Morgan fingerprint density at radius 1 is 1.00 bits per heavy atom. The fraction of sp³-hybridized carbons (Fsp3) is 0.286. The van der Waals surface area contributed by atoms with Crippen molar-refractivity contribution < 1.29 is 9.05 Å². The van der Waals surface area contributed by atoms with Crippen LogP contribution in [0.3, 0.4) is 0 Å². The highest BCUT2D eigenvalue weighted by molar-refractivity contribution is 5.91. The first-order valence-electron chi connectivity index (χ1n) is 8.55. The number of nitrogens with zero attached hydrogens (tertiary/aromatic N) is 2. The number of aromatic amines is 1. The molecule has 3 heteroatoms. The van der Waals surface area contributed by atoms with Crippen molar-refractivity contribution in [3.8, 4) is 0 Å². The number of H-pyrrole nitrogens is 1. The summed E-state index contributed by atoms with van der Waals surface area (Å²) < 4.78 is 3.28. The van der Waals surface area contributed by atoms with E-state index in [1.165, 1.54) is 35.0 Å². The number of fused-ring (bicyclic) bond motifs is 1. The van der Waals surface area contributed by atoms with E-state index in [2.05, 4.69) is 97.8 Å². The molecule has 0 aliphatic heterocycles. The monoisotopic (exact) mass is 321 g/mol. The molecule has 0 saturated carbocycles. The largest absolute Gasteiger partial charge is 0.361 e. The molecule has 0 saturated heterocycles. The minimum absolute atomic E-state index is 1.02. The Morgan fingerprint density at radius 3 is 2.50 bits per heavy atom. The summed E-state index contributed by atoms with van der Waals surface area (Å²) in [5.41, 5.74) is 3.63. The molecule has 3 aromatic rings. The first-order valence-corrected chi connectivity index (χ1v) is 8.55. The Hall–Kier alpha value is -2.39. The second-order valence-corrected chi connectivity index (χ2v) is 7.36. The molecule has 2 heterocycles. The van der Waals surface area contributed by atoms with Crippen LogP contribution in [0.25, 0.3) is 23.1 Å². The SMILES string of the molecule is C[N+](C)(C)CCC[n+]1ccc(/C=C/c2c[nH]c3ccccc23)cc1. The molecular formula is C21H27N3+2. The molecule has 0 unspecified atom stereocenters. The number of nitrogens with one attached hydrogen (secondary N) is 1. The van der Waals surface area contributed by atoms with Crippen molar-refractivity contribution in [1.29, 1.82) is 0 Å². The molecule has 0 bridgehead atoms. The number of para-hydroxylation sites is 1. The number of rotatable bonds is 6. The average molecular weight is 321 g/mol. The van der Waals surface area contributed by atoms with Crippen molar-refractivity contribution in [2.45, 2.75) is 13.0 Å². The van der Waals surface area contributed by atoms with E-state index in [1.54, 1.807) is 0 Å². The van der Waals surface area contributed by atoms with Crippen LogP contribution in [0.5, 0.6) is 0 Å². The van der Waals surface area contributed by atoms with Crippen molar-refractivity contribution >= 4 is 23.1 Å². The Kier molecular flexibility index (Phi) is 4.81. The van der Waals surface area contributed by atoms with Crippen molar-refractivity contribution in [2.75, 3.05) is 27.7 Å². The Balaban J connectivity index is 1.63. The van der Waals surface area contributed by atoms with E-state index in [0.717, 1.165) is 11.0 Å². The summed E-state index contributed by atoms with van der Waals surface area (Å²) in [4.78, 5) is 3.31. The summed E-state index contributed by atoms with van der Waals surface area (Å²) in [6, 6.07) is 12.7. The molecule has 24 heavy (non-hydrogen) atoms. The lowest BCUT2D eigenvalue weighted by Gasteiger charge is -2.22. The van der Waals surface area contributed by atoms with Gasteiger partial charge in [-0.25, -0.2) is 4.57 Å². The van der Waals surface area contributed by atoms with Crippen LogP contribution in [0.15, 0.2) is 55.0 Å². The van der Waals surface area contributed by atoms with Gasteiger partial charge in [-0.1, -0.05) is 30.4 Å². The Morgan fingerprint density at radius 2 is 1.75 bits per heavy atom. The van der Waals surface area contributed by atoms with Gasteiger partial charge in [-0.05, 0) is 17.2 Å². The van der Waals surface area contributed by atoms with E-state index in [4.69, 9.17) is 0 Å². The van der Waals surface area contributed by atoms with E-state index >= 15 is 0 Å². The molecule has 2 aromatic heterocycles. The lowest BCUT2D eigenvalue weighted by molar-refractivity contribution is -0.873. The summed E-state index contributed by atoms with van der Waals surface area (Å²) in [5.74, 6) is 0. The van der Waals surface area contributed by atoms with Gasteiger partial charge in [0, 0.05) is 29.2 Å². The first-order chi connectivity index (χ1) is 11.5. The zero-order chi connectivity index (χ0) is 17.0. The second-order valence-electron chi connectivity index (χ2n) is 7.36. The van der Waals surface area contributed by atoms with Gasteiger partial charge in [-0.2, -0.15) is 0 Å². The van der Waals surface area contributed by atoms with Crippen molar-refractivity contribution in [2.24, 2.45) is 0 Å². The third kappa shape index (κ3) is 4.33. The Labute approximate surface area is 144 Å². The molecule has 124 valence electrons. The zero-order valence-corrected chi connectivity index (χ0v) is 14.9. The highest BCUT2D eigenvalue weighted by Gasteiger charge is 2.08. The maximum Gasteiger partial charge on any atom is 0.169 e. The molecule has 0 spiro atoms. The number of benzene rings is 1.